The molecule has 2 rings (SSSR count). The number of carbonyl (C=O) groups excluding carboxylic acids is 3. The molecular formula is C27H35N3O6. The summed E-state index contributed by atoms with van der Waals surface area (Å²) in [5.41, 5.74) is 0.730. The molecule has 2 amide bonds. The second-order valence-electron chi connectivity index (χ2n) is 8.64. The molecule has 194 valence electrons. The Morgan fingerprint density at radius 3 is 2.06 bits per heavy atom. The largest absolute Gasteiger partial charge is 0.452 e. The van der Waals surface area contributed by atoms with Crippen molar-refractivity contribution in [3.8, 4) is 0 Å². The topological polar surface area (TPSA) is 128 Å². The van der Waals surface area contributed by atoms with Crippen LogP contribution in [-0.2, 0) is 14.3 Å². The average Bonchev–Trinajstić information content (AvgIpc) is 2.86. The summed E-state index contributed by atoms with van der Waals surface area (Å²) < 4.78 is 5.04. The number of hydrogen-bond acceptors (Lipinski definition) is 6. The summed E-state index contributed by atoms with van der Waals surface area (Å²) in [7, 11) is 0. The zero-order valence-corrected chi connectivity index (χ0v) is 20.8. The smallest absolute Gasteiger partial charge is 0.338 e. The van der Waals surface area contributed by atoms with Crippen LogP contribution in [0.3, 0.4) is 0 Å². The Kier molecular flexibility index (Phi) is 12.7. The van der Waals surface area contributed by atoms with Crippen LogP contribution in [0.5, 0.6) is 0 Å². The second kappa shape index (κ2) is 16.0. The minimum Gasteiger partial charge on any atom is -0.452 e. The van der Waals surface area contributed by atoms with Crippen molar-refractivity contribution in [2.24, 2.45) is 0 Å². The lowest BCUT2D eigenvalue weighted by molar-refractivity contribution is -0.384. The first-order valence-corrected chi connectivity index (χ1v) is 12.5. The summed E-state index contributed by atoms with van der Waals surface area (Å²) in [5.74, 6) is -1.46. The van der Waals surface area contributed by atoms with E-state index in [-0.39, 0.29) is 22.8 Å². The summed E-state index contributed by atoms with van der Waals surface area (Å²) >= 11 is 0. The van der Waals surface area contributed by atoms with Crippen LogP contribution in [0.2, 0.25) is 0 Å². The number of ether oxygens (including phenoxy) is 1. The van der Waals surface area contributed by atoms with Crippen molar-refractivity contribution in [1.82, 2.24) is 0 Å². The maximum absolute atomic E-state index is 12.3. The second-order valence-corrected chi connectivity index (χ2v) is 8.64. The number of carbonyl (C=O) groups is 3. The van der Waals surface area contributed by atoms with Crippen LogP contribution in [0, 0.1) is 10.1 Å². The number of nitro groups is 1. The van der Waals surface area contributed by atoms with Gasteiger partial charge in [-0.3, -0.25) is 19.7 Å². The number of benzene rings is 2. The molecular weight excluding hydrogens is 462 g/mol. The molecule has 2 N–H and O–H groups in total. The van der Waals surface area contributed by atoms with Crippen LogP contribution >= 0.6 is 0 Å². The van der Waals surface area contributed by atoms with Crippen molar-refractivity contribution in [2.45, 2.75) is 71.1 Å². The van der Waals surface area contributed by atoms with E-state index < -0.39 is 23.4 Å². The summed E-state index contributed by atoms with van der Waals surface area (Å²) in [6, 6.07) is 11.8. The minimum atomic E-state index is -0.723. The van der Waals surface area contributed by atoms with Crippen LogP contribution in [0.4, 0.5) is 17.1 Å². The molecule has 0 radical (unpaired) electrons. The van der Waals surface area contributed by atoms with Crippen molar-refractivity contribution in [3.63, 3.8) is 0 Å². The quantitative estimate of drug-likeness (QED) is 0.122. The molecule has 0 aliphatic rings. The van der Waals surface area contributed by atoms with Gasteiger partial charge in [0.15, 0.2) is 6.61 Å². The number of nitrogens with zero attached hydrogens (tertiary/aromatic N) is 1. The molecule has 0 unspecified atom stereocenters. The molecule has 0 saturated carbocycles. The number of hydrogen-bond donors (Lipinski definition) is 2. The molecule has 0 fully saturated rings. The van der Waals surface area contributed by atoms with E-state index in [1.165, 1.54) is 74.9 Å². The lowest BCUT2D eigenvalue weighted by Gasteiger charge is -2.09. The molecule has 0 saturated heterocycles. The number of amides is 2. The highest BCUT2D eigenvalue weighted by Gasteiger charge is 2.13. The van der Waals surface area contributed by atoms with Gasteiger partial charge in [0.1, 0.15) is 0 Å². The molecule has 0 aliphatic carbocycles. The Bertz CT molecular complexity index is 1020. The first-order chi connectivity index (χ1) is 17.4. The van der Waals surface area contributed by atoms with Gasteiger partial charge in [-0.05, 0) is 30.7 Å². The number of non-ortho nitro benzene ring substituents is 1. The van der Waals surface area contributed by atoms with Crippen molar-refractivity contribution >= 4 is 34.8 Å². The van der Waals surface area contributed by atoms with Gasteiger partial charge in [-0.2, -0.15) is 0 Å². The summed E-state index contributed by atoms with van der Waals surface area (Å²) in [5, 5.41) is 16.1. The summed E-state index contributed by atoms with van der Waals surface area (Å²) in [6.45, 7) is 1.65. The van der Waals surface area contributed by atoms with Gasteiger partial charge in [0.25, 0.3) is 11.6 Å². The van der Waals surface area contributed by atoms with Crippen molar-refractivity contribution < 1.29 is 24.0 Å². The fourth-order valence-electron chi connectivity index (χ4n) is 3.65. The van der Waals surface area contributed by atoms with E-state index in [0.29, 0.717) is 12.1 Å². The molecule has 0 atom stereocenters. The maximum atomic E-state index is 12.3. The van der Waals surface area contributed by atoms with Gasteiger partial charge in [0, 0.05) is 29.9 Å². The monoisotopic (exact) mass is 497 g/mol. The van der Waals surface area contributed by atoms with E-state index in [1.54, 1.807) is 12.1 Å². The van der Waals surface area contributed by atoms with E-state index in [2.05, 4.69) is 17.6 Å². The number of nitro benzene ring substituents is 1. The SMILES string of the molecule is CCCCCCCCCCCC(=O)Nc1cccc(C(=O)OCC(=O)Nc2cccc([N+](=O)[O-])c2)c1. The van der Waals surface area contributed by atoms with Crippen LogP contribution in [-0.4, -0.2) is 29.3 Å². The van der Waals surface area contributed by atoms with E-state index in [0.717, 1.165) is 19.3 Å². The molecule has 9 heteroatoms. The number of unbranched alkanes of at least 4 members (excludes halogenated alkanes) is 8. The number of nitrogens with one attached hydrogen (secondary N) is 2. The lowest BCUT2D eigenvalue weighted by atomic mass is 10.1. The molecule has 0 aromatic heterocycles. The molecule has 2 aromatic rings. The van der Waals surface area contributed by atoms with Gasteiger partial charge >= 0.3 is 5.97 Å². The molecule has 0 bridgehead atoms. The predicted molar refractivity (Wildman–Crippen MR) is 139 cm³/mol. The van der Waals surface area contributed by atoms with E-state index in [1.807, 2.05) is 0 Å². The molecule has 0 heterocycles. The standard InChI is InChI=1S/C27H35N3O6/c1-2-3-4-5-6-7-8-9-10-17-25(31)28-22-14-11-13-21(18-22)27(33)36-20-26(32)29-23-15-12-16-24(19-23)30(34)35/h11-16,18-19H,2-10,17,20H2,1H3,(H,28,31)(H,29,32). The van der Waals surface area contributed by atoms with Crippen molar-refractivity contribution in [2.75, 3.05) is 17.2 Å². The number of esters is 1. The Balaban J connectivity index is 1.70. The van der Waals surface area contributed by atoms with Gasteiger partial charge < -0.3 is 15.4 Å². The van der Waals surface area contributed by atoms with E-state index in [9.17, 15) is 24.5 Å². The first kappa shape index (κ1) is 28.5. The van der Waals surface area contributed by atoms with Crippen molar-refractivity contribution in [3.05, 3.63) is 64.2 Å². The maximum Gasteiger partial charge on any atom is 0.338 e. The predicted octanol–water partition coefficient (Wildman–Crippen LogP) is 6.25. The third-order valence-electron chi connectivity index (χ3n) is 5.56. The average molecular weight is 498 g/mol. The van der Waals surface area contributed by atoms with Crippen LogP contribution in [0.25, 0.3) is 0 Å². The Labute approximate surface area is 211 Å². The highest BCUT2D eigenvalue weighted by Crippen LogP contribution is 2.17. The van der Waals surface area contributed by atoms with Gasteiger partial charge in [0.05, 0.1) is 10.5 Å². The number of anilines is 2. The first-order valence-electron chi connectivity index (χ1n) is 12.5. The third-order valence-corrected chi connectivity index (χ3v) is 5.56. The highest BCUT2D eigenvalue weighted by molar-refractivity contribution is 5.97. The molecule has 36 heavy (non-hydrogen) atoms. The van der Waals surface area contributed by atoms with Crippen LogP contribution in [0.1, 0.15) is 81.5 Å². The lowest BCUT2D eigenvalue weighted by Crippen LogP contribution is -2.21. The third kappa shape index (κ3) is 11.1. The van der Waals surface area contributed by atoms with Gasteiger partial charge in [-0.15, -0.1) is 0 Å². The fourth-order valence-corrected chi connectivity index (χ4v) is 3.65. The zero-order valence-electron chi connectivity index (χ0n) is 20.8. The highest BCUT2D eigenvalue weighted by atomic mass is 16.6. The van der Waals surface area contributed by atoms with Crippen LogP contribution in [0.15, 0.2) is 48.5 Å². The van der Waals surface area contributed by atoms with E-state index >= 15 is 0 Å². The normalized spacial score (nSPS) is 10.5. The Morgan fingerprint density at radius 2 is 1.39 bits per heavy atom. The Hall–Kier alpha value is -3.75. The molecule has 0 aliphatic heterocycles. The van der Waals surface area contributed by atoms with Crippen molar-refractivity contribution in [1.29, 1.82) is 0 Å². The summed E-state index contributed by atoms with van der Waals surface area (Å²) in [6.07, 6.45) is 11.0. The minimum absolute atomic E-state index is 0.111. The van der Waals surface area contributed by atoms with Crippen LogP contribution < -0.4 is 10.6 Å². The van der Waals surface area contributed by atoms with Gasteiger partial charge in [-0.1, -0.05) is 70.4 Å². The molecule has 0 spiro atoms. The zero-order chi connectivity index (χ0) is 26.2. The van der Waals surface area contributed by atoms with E-state index in [4.69, 9.17) is 4.74 Å². The Morgan fingerprint density at radius 1 is 0.806 bits per heavy atom. The summed E-state index contributed by atoms with van der Waals surface area (Å²) in [4.78, 5) is 46.9. The fraction of sp³-hybridized carbons (Fsp3) is 0.444. The van der Waals surface area contributed by atoms with Gasteiger partial charge in [-0.25, -0.2) is 4.79 Å². The van der Waals surface area contributed by atoms with Gasteiger partial charge in [0.2, 0.25) is 5.91 Å². The number of rotatable bonds is 16. The molecule has 9 nitrogen and oxygen atoms in total. The molecule has 2 aromatic carbocycles.